The number of nitrogens with one attached hydrogen (secondary N) is 1. The molecule has 2 aliphatic heterocycles. The molecule has 0 saturated carbocycles. The molecule has 2 aromatic rings. The summed E-state index contributed by atoms with van der Waals surface area (Å²) < 4.78 is 27.0. The first-order chi connectivity index (χ1) is 19.2. The average molecular weight is 560 g/mol. The van der Waals surface area contributed by atoms with E-state index in [4.69, 9.17) is 11.5 Å². The van der Waals surface area contributed by atoms with Gasteiger partial charge in [-0.1, -0.05) is 6.58 Å². The maximum absolute atomic E-state index is 13.5. The number of nitrogens with two attached hydrogens (primary N) is 2. The number of anilines is 3. The highest BCUT2D eigenvalue weighted by Crippen LogP contribution is 2.28. The molecular weight excluding hydrogens is 528 g/mol. The number of nitrogen functional groups attached to an aromatic ring is 2. The number of halogens is 2. The third kappa shape index (κ3) is 6.73. The van der Waals surface area contributed by atoms with Gasteiger partial charge in [0.2, 0.25) is 35.6 Å². The molecule has 16 heteroatoms. The zero-order valence-corrected chi connectivity index (χ0v) is 21.8. The van der Waals surface area contributed by atoms with Crippen LogP contribution in [0.4, 0.5) is 26.6 Å². The van der Waals surface area contributed by atoms with Gasteiger partial charge in [-0.3, -0.25) is 14.4 Å². The summed E-state index contributed by atoms with van der Waals surface area (Å²) in [6, 6.07) is 0. The van der Waals surface area contributed by atoms with Crippen LogP contribution in [0.15, 0.2) is 18.9 Å². The Morgan fingerprint density at radius 3 is 2.35 bits per heavy atom. The molecule has 0 radical (unpaired) electrons. The number of likely N-dealkylation sites (tertiary alicyclic amines) is 1. The number of alkyl halides is 2. The van der Waals surface area contributed by atoms with Crippen LogP contribution >= 0.6 is 0 Å². The van der Waals surface area contributed by atoms with Crippen LogP contribution in [0.1, 0.15) is 31.4 Å². The number of rotatable bonds is 8. The minimum Gasteiger partial charge on any atom is -0.368 e. The van der Waals surface area contributed by atoms with Crippen molar-refractivity contribution in [3.63, 3.8) is 0 Å². The van der Waals surface area contributed by atoms with Gasteiger partial charge in [-0.05, 0) is 18.9 Å². The van der Waals surface area contributed by atoms with Gasteiger partial charge in [-0.2, -0.15) is 15.0 Å². The minimum atomic E-state index is -2.93. The second-order valence-electron chi connectivity index (χ2n) is 9.36. The van der Waals surface area contributed by atoms with Crippen molar-refractivity contribution >= 4 is 35.6 Å². The van der Waals surface area contributed by atoms with Crippen LogP contribution in [0.25, 0.3) is 11.4 Å². The Morgan fingerprint density at radius 1 is 1.00 bits per heavy atom. The van der Waals surface area contributed by atoms with Gasteiger partial charge in [0.15, 0.2) is 5.82 Å². The molecule has 0 spiro atoms. The molecule has 0 unspecified atom stereocenters. The SMILES string of the molecule is C=CC(=O)N1CCC(C(=O)NCCC(=O)N2CCN(c3nc(N)nc(-c4cnc(N)nc4C(F)F)n3)CC2)CC1. The number of hydrogen-bond donors (Lipinski definition) is 3. The van der Waals surface area contributed by atoms with Crippen molar-refractivity contribution in [3.05, 3.63) is 24.5 Å². The van der Waals surface area contributed by atoms with Gasteiger partial charge in [0, 0.05) is 64.3 Å². The van der Waals surface area contributed by atoms with E-state index < -0.39 is 12.1 Å². The van der Waals surface area contributed by atoms with Crippen LogP contribution in [0.2, 0.25) is 0 Å². The minimum absolute atomic E-state index is 0.105. The van der Waals surface area contributed by atoms with Crippen molar-refractivity contribution in [2.45, 2.75) is 25.7 Å². The summed E-state index contributed by atoms with van der Waals surface area (Å²) in [7, 11) is 0. The van der Waals surface area contributed by atoms with Gasteiger partial charge in [-0.25, -0.2) is 18.7 Å². The number of piperazine rings is 1. The predicted octanol–water partition coefficient (Wildman–Crippen LogP) is 0.0101. The van der Waals surface area contributed by atoms with Crippen molar-refractivity contribution in [1.82, 2.24) is 40.0 Å². The average Bonchev–Trinajstić information content (AvgIpc) is 2.96. The quantitative estimate of drug-likeness (QED) is 0.369. The van der Waals surface area contributed by atoms with E-state index in [1.54, 1.807) is 14.7 Å². The monoisotopic (exact) mass is 559 g/mol. The Morgan fingerprint density at radius 2 is 1.70 bits per heavy atom. The third-order valence-electron chi connectivity index (χ3n) is 6.83. The fourth-order valence-electron chi connectivity index (χ4n) is 4.63. The maximum Gasteiger partial charge on any atom is 0.281 e. The molecule has 0 bridgehead atoms. The molecule has 2 aliphatic rings. The lowest BCUT2D eigenvalue weighted by atomic mass is 9.96. The number of aromatic nitrogens is 5. The summed E-state index contributed by atoms with van der Waals surface area (Å²) in [5.74, 6) is -0.947. The molecule has 5 N–H and O–H groups in total. The lowest BCUT2D eigenvalue weighted by Gasteiger charge is -2.35. The smallest absolute Gasteiger partial charge is 0.281 e. The zero-order chi connectivity index (χ0) is 28.8. The molecule has 3 amide bonds. The van der Waals surface area contributed by atoms with Crippen molar-refractivity contribution in [2.24, 2.45) is 5.92 Å². The molecule has 214 valence electrons. The molecule has 2 aromatic heterocycles. The standard InChI is InChI=1S/C24H31F2N11O3/c1-2-16(38)35-7-4-14(5-8-35)21(40)29-6-3-17(39)36-9-11-37(12-10-36)24-33-20(32-23(28)34-24)15-13-30-22(27)31-18(15)19(25)26/h2,13-14,19H,1,3-12H2,(H,29,40)(H2,27,30,31)(H2,28,32,33,34). The number of carbonyl (C=O) groups is 3. The van der Waals surface area contributed by atoms with E-state index in [0.717, 1.165) is 6.20 Å². The summed E-state index contributed by atoms with van der Waals surface area (Å²) in [5, 5.41) is 2.83. The van der Waals surface area contributed by atoms with Crippen molar-refractivity contribution in [3.8, 4) is 11.4 Å². The van der Waals surface area contributed by atoms with Crippen molar-refractivity contribution < 1.29 is 23.2 Å². The van der Waals surface area contributed by atoms with Gasteiger partial charge >= 0.3 is 0 Å². The Balaban J connectivity index is 1.27. The molecule has 2 fully saturated rings. The molecular formula is C24H31F2N11O3. The third-order valence-corrected chi connectivity index (χ3v) is 6.83. The summed E-state index contributed by atoms with van der Waals surface area (Å²) in [6.45, 7) is 6.20. The Kier molecular flexibility index (Phi) is 8.96. The summed E-state index contributed by atoms with van der Waals surface area (Å²) in [5.41, 5.74) is 10.6. The van der Waals surface area contributed by atoms with Crippen LogP contribution in [0, 0.1) is 5.92 Å². The maximum atomic E-state index is 13.5. The van der Waals surface area contributed by atoms with E-state index in [1.807, 2.05) is 0 Å². The Labute approximate surface area is 228 Å². The highest BCUT2D eigenvalue weighted by atomic mass is 19.3. The van der Waals surface area contributed by atoms with E-state index in [1.165, 1.54) is 6.08 Å². The van der Waals surface area contributed by atoms with Crippen LogP contribution in [-0.4, -0.2) is 98.3 Å². The number of hydrogen-bond acceptors (Lipinski definition) is 11. The summed E-state index contributed by atoms with van der Waals surface area (Å²) in [6.07, 6.45) is 0.742. The zero-order valence-electron chi connectivity index (χ0n) is 21.8. The fourth-order valence-corrected chi connectivity index (χ4v) is 4.63. The molecule has 14 nitrogen and oxygen atoms in total. The van der Waals surface area contributed by atoms with Gasteiger partial charge in [0.05, 0.1) is 5.56 Å². The largest absolute Gasteiger partial charge is 0.368 e. The van der Waals surface area contributed by atoms with Crippen molar-refractivity contribution in [2.75, 3.05) is 62.2 Å². The van der Waals surface area contributed by atoms with Gasteiger partial charge in [0.25, 0.3) is 6.43 Å². The van der Waals surface area contributed by atoms with Gasteiger partial charge in [0.1, 0.15) is 5.69 Å². The summed E-state index contributed by atoms with van der Waals surface area (Å²) in [4.78, 5) is 61.8. The van der Waals surface area contributed by atoms with E-state index in [9.17, 15) is 23.2 Å². The molecule has 0 aromatic carbocycles. The van der Waals surface area contributed by atoms with Crippen LogP contribution in [0.3, 0.4) is 0 Å². The number of piperidine rings is 1. The lowest BCUT2D eigenvalue weighted by Crippen LogP contribution is -2.50. The lowest BCUT2D eigenvalue weighted by molar-refractivity contribution is -0.133. The number of nitrogens with zero attached hydrogens (tertiary/aromatic N) is 8. The fraction of sp³-hybridized carbons (Fsp3) is 0.500. The number of carbonyl (C=O) groups excluding carboxylic acids is 3. The Hall–Kier alpha value is -4.50. The van der Waals surface area contributed by atoms with Crippen molar-refractivity contribution in [1.29, 1.82) is 0 Å². The van der Waals surface area contributed by atoms with Gasteiger partial charge < -0.3 is 31.5 Å². The first kappa shape index (κ1) is 28.5. The molecule has 4 heterocycles. The second-order valence-corrected chi connectivity index (χ2v) is 9.36. The molecule has 0 atom stereocenters. The first-order valence-electron chi connectivity index (χ1n) is 12.8. The Bertz CT molecular complexity index is 1260. The summed E-state index contributed by atoms with van der Waals surface area (Å²) >= 11 is 0. The van der Waals surface area contributed by atoms with Gasteiger partial charge in [-0.15, -0.1) is 0 Å². The topological polar surface area (TPSA) is 189 Å². The number of amides is 3. The predicted molar refractivity (Wildman–Crippen MR) is 141 cm³/mol. The van der Waals surface area contributed by atoms with E-state index in [-0.39, 0.29) is 65.8 Å². The van der Waals surface area contributed by atoms with Crippen LogP contribution in [-0.2, 0) is 14.4 Å². The highest BCUT2D eigenvalue weighted by molar-refractivity contribution is 5.87. The molecule has 40 heavy (non-hydrogen) atoms. The molecule has 0 aliphatic carbocycles. The molecule has 2 saturated heterocycles. The normalized spacial score (nSPS) is 16.2. The molecule has 4 rings (SSSR count). The van der Waals surface area contributed by atoms with Crippen LogP contribution in [0.5, 0.6) is 0 Å². The van der Waals surface area contributed by atoms with Crippen LogP contribution < -0.4 is 21.7 Å². The second kappa shape index (κ2) is 12.6. The highest BCUT2D eigenvalue weighted by Gasteiger charge is 2.28. The van der Waals surface area contributed by atoms with E-state index >= 15 is 0 Å². The van der Waals surface area contributed by atoms with E-state index in [0.29, 0.717) is 52.1 Å². The van der Waals surface area contributed by atoms with E-state index in [2.05, 4.69) is 36.8 Å². The first-order valence-corrected chi connectivity index (χ1v) is 12.8.